The van der Waals surface area contributed by atoms with Crippen LogP contribution < -0.4 is 9.54 Å². The first-order valence-electron chi connectivity index (χ1n) is 9.93. The minimum absolute atomic E-state index is 0.0278. The summed E-state index contributed by atoms with van der Waals surface area (Å²) in [6.45, 7) is 13.0. The van der Waals surface area contributed by atoms with Gasteiger partial charge in [-0.25, -0.2) is 0 Å². The Hall–Kier alpha value is -2.60. The summed E-state index contributed by atoms with van der Waals surface area (Å²) < 4.78 is 47.4. The molecular weight excluding hydrogens is 425 g/mol. The zero-order valence-electron chi connectivity index (χ0n) is 18.5. The lowest BCUT2D eigenvalue weighted by Gasteiger charge is -2.14. The van der Waals surface area contributed by atoms with Crippen molar-refractivity contribution in [2.75, 3.05) is 6.61 Å². The van der Waals surface area contributed by atoms with Crippen LogP contribution in [0.2, 0.25) is 0 Å². The number of thiazole rings is 1. The van der Waals surface area contributed by atoms with Gasteiger partial charge in [-0.1, -0.05) is 34.6 Å². The molecule has 0 saturated carbocycles. The number of ether oxygens (including phenoxy) is 1. The van der Waals surface area contributed by atoms with Gasteiger partial charge in [-0.3, -0.25) is 0 Å². The van der Waals surface area contributed by atoms with Crippen molar-refractivity contribution in [2.24, 2.45) is 15.9 Å². The molecule has 1 heterocycles. The lowest BCUT2D eigenvalue weighted by molar-refractivity contribution is -0.137. The summed E-state index contributed by atoms with van der Waals surface area (Å²) in [5.41, 5.74) is -0.959. The Bertz CT molecular complexity index is 1050. The van der Waals surface area contributed by atoms with Crippen molar-refractivity contribution in [3.63, 3.8) is 0 Å². The van der Waals surface area contributed by atoms with E-state index in [0.717, 1.165) is 17.0 Å². The zero-order valence-corrected chi connectivity index (χ0v) is 19.4. The smallest absolute Gasteiger partial charge is 0.416 e. The van der Waals surface area contributed by atoms with Gasteiger partial charge in [-0.05, 0) is 36.5 Å². The number of hydrogen-bond donors (Lipinski definition) is 0. The molecule has 5 nitrogen and oxygen atoms in total. The maximum absolute atomic E-state index is 13.3. The van der Waals surface area contributed by atoms with Crippen molar-refractivity contribution in [1.82, 2.24) is 4.57 Å². The molecule has 1 aromatic heterocycles. The summed E-state index contributed by atoms with van der Waals surface area (Å²) in [6.07, 6.45) is -0.877. The van der Waals surface area contributed by atoms with Gasteiger partial charge in [-0.2, -0.15) is 28.4 Å². The Labute approximate surface area is 184 Å². The average molecular weight is 453 g/mol. The number of nitrogens with zero attached hydrogens (tertiary/aromatic N) is 4. The number of benzene rings is 1. The lowest BCUT2D eigenvalue weighted by Crippen LogP contribution is -2.19. The van der Waals surface area contributed by atoms with Gasteiger partial charge in [-0.15, -0.1) is 11.3 Å². The molecule has 9 heteroatoms. The first-order valence-corrected chi connectivity index (χ1v) is 10.7. The monoisotopic (exact) mass is 452 g/mol. The van der Waals surface area contributed by atoms with Crippen LogP contribution in [0.25, 0.3) is 0 Å². The van der Waals surface area contributed by atoms with E-state index < -0.39 is 11.7 Å². The van der Waals surface area contributed by atoms with Crippen LogP contribution in [-0.2, 0) is 18.1 Å². The second-order valence-electron chi connectivity index (χ2n) is 8.46. The Kier molecular flexibility index (Phi) is 7.71. The van der Waals surface area contributed by atoms with Crippen LogP contribution in [0.4, 0.5) is 13.2 Å². The molecule has 0 aliphatic carbocycles. The van der Waals surface area contributed by atoms with E-state index in [1.807, 2.05) is 10.8 Å². The highest BCUT2D eigenvalue weighted by Gasteiger charge is 2.32. The average Bonchev–Trinajstić information content (AvgIpc) is 3.03. The second-order valence-corrected chi connectivity index (χ2v) is 9.47. The van der Waals surface area contributed by atoms with Gasteiger partial charge in [0.05, 0.1) is 17.7 Å². The number of amidine groups is 1. The number of nitriles is 1. The quantitative estimate of drug-likeness (QED) is 0.329. The fourth-order valence-corrected chi connectivity index (χ4v) is 3.84. The minimum Gasteiger partial charge on any atom is -0.493 e. The molecule has 0 bridgehead atoms. The molecule has 0 aliphatic heterocycles. The van der Waals surface area contributed by atoms with Crippen LogP contribution in [-0.4, -0.2) is 17.0 Å². The number of aromatic nitrogens is 1. The summed E-state index contributed by atoms with van der Waals surface area (Å²) in [5.74, 6) is 0.401. The van der Waals surface area contributed by atoms with Crippen molar-refractivity contribution in [3.8, 4) is 11.9 Å². The Morgan fingerprint density at radius 1 is 1.26 bits per heavy atom. The number of hydrogen-bond acceptors (Lipinski definition) is 4. The van der Waals surface area contributed by atoms with Gasteiger partial charge in [0.1, 0.15) is 5.75 Å². The third-order valence-electron chi connectivity index (χ3n) is 4.23. The molecule has 0 saturated heterocycles. The molecule has 0 aliphatic rings. The molecule has 0 fully saturated rings. The fourth-order valence-electron chi connectivity index (χ4n) is 2.78. The van der Waals surface area contributed by atoms with Crippen LogP contribution in [0.5, 0.6) is 5.75 Å². The highest BCUT2D eigenvalue weighted by Crippen LogP contribution is 2.33. The van der Waals surface area contributed by atoms with Crippen molar-refractivity contribution in [3.05, 3.63) is 45.2 Å². The molecule has 0 radical (unpaired) electrons. The van der Waals surface area contributed by atoms with E-state index in [4.69, 9.17) is 4.74 Å². The van der Waals surface area contributed by atoms with Crippen molar-refractivity contribution in [1.29, 1.82) is 5.26 Å². The van der Waals surface area contributed by atoms with Gasteiger partial charge in [0.25, 0.3) is 0 Å². The van der Waals surface area contributed by atoms with Gasteiger partial charge in [0.2, 0.25) is 6.19 Å². The topological polar surface area (TPSA) is 62.7 Å². The normalized spacial score (nSPS) is 13.6. The van der Waals surface area contributed by atoms with Crippen LogP contribution in [0.15, 0.2) is 34.4 Å². The van der Waals surface area contributed by atoms with Gasteiger partial charge in [0, 0.05) is 17.6 Å². The first-order chi connectivity index (χ1) is 14.4. The van der Waals surface area contributed by atoms with E-state index in [1.54, 1.807) is 13.1 Å². The molecule has 0 atom stereocenters. The highest BCUT2D eigenvalue weighted by atomic mass is 32.1. The van der Waals surface area contributed by atoms with Gasteiger partial charge in [0.15, 0.2) is 10.6 Å². The zero-order chi connectivity index (χ0) is 23.4. The third kappa shape index (κ3) is 6.44. The van der Waals surface area contributed by atoms with Crippen molar-refractivity contribution < 1.29 is 17.9 Å². The summed E-state index contributed by atoms with van der Waals surface area (Å²) in [7, 11) is 0. The van der Waals surface area contributed by atoms with Crippen LogP contribution in [0.3, 0.4) is 0 Å². The SMILES string of the molecule is CCOc1ccc(C(F)(F)F)cc1C(=NC#N)N=c1sc(C(C)(C)C)cn1CC(C)C. The molecule has 2 aromatic rings. The molecule has 168 valence electrons. The molecular formula is C22H27F3N4OS. The Morgan fingerprint density at radius 2 is 1.94 bits per heavy atom. The number of rotatable bonds is 5. The van der Waals surface area contributed by atoms with E-state index >= 15 is 0 Å². The summed E-state index contributed by atoms with van der Waals surface area (Å²) in [4.78, 5) is 9.91. The first kappa shape index (κ1) is 24.7. The number of aliphatic imine (C=N–C) groups is 1. The predicted molar refractivity (Wildman–Crippen MR) is 116 cm³/mol. The molecule has 0 spiro atoms. The van der Waals surface area contributed by atoms with E-state index in [2.05, 4.69) is 44.6 Å². The maximum atomic E-state index is 13.3. The van der Waals surface area contributed by atoms with Crippen LogP contribution >= 0.6 is 11.3 Å². The Morgan fingerprint density at radius 3 is 2.45 bits per heavy atom. The van der Waals surface area contributed by atoms with Crippen molar-refractivity contribution >= 4 is 17.2 Å². The Balaban J connectivity index is 2.76. The van der Waals surface area contributed by atoms with Crippen LogP contribution in [0, 0.1) is 17.4 Å². The molecule has 2 rings (SSSR count). The maximum Gasteiger partial charge on any atom is 0.416 e. The molecule has 0 unspecified atom stereocenters. The molecule has 0 amide bonds. The molecule has 31 heavy (non-hydrogen) atoms. The van der Waals surface area contributed by atoms with Crippen molar-refractivity contribution in [2.45, 2.75) is 59.7 Å². The number of halogens is 3. The summed E-state index contributed by atoms with van der Waals surface area (Å²) in [5, 5.41) is 9.21. The van der Waals surface area contributed by atoms with E-state index in [0.29, 0.717) is 17.3 Å². The summed E-state index contributed by atoms with van der Waals surface area (Å²) >= 11 is 1.43. The summed E-state index contributed by atoms with van der Waals surface area (Å²) in [6, 6.07) is 3.11. The van der Waals surface area contributed by atoms with Gasteiger partial charge >= 0.3 is 6.18 Å². The predicted octanol–water partition coefficient (Wildman–Crippen LogP) is 5.75. The van der Waals surface area contributed by atoms with Crippen LogP contribution in [0.1, 0.15) is 57.5 Å². The number of alkyl halides is 3. The fraction of sp³-hybridized carbons (Fsp3) is 0.500. The minimum atomic E-state index is -4.54. The third-order valence-corrected chi connectivity index (χ3v) is 5.67. The largest absolute Gasteiger partial charge is 0.493 e. The standard InChI is InChI=1S/C22H27F3N4OS/c1-7-30-17-9-8-15(22(23,24)25)10-16(17)19(27-13-26)28-20-29(11-14(2)3)12-18(31-20)21(4,5)6/h8-10,12,14H,7,11H2,1-6H3. The highest BCUT2D eigenvalue weighted by molar-refractivity contribution is 7.09. The molecule has 1 aromatic carbocycles. The van der Waals surface area contributed by atoms with E-state index in [-0.39, 0.29) is 29.2 Å². The van der Waals surface area contributed by atoms with E-state index in [9.17, 15) is 18.4 Å². The van der Waals surface area contributed by atoms with Gasteiger partial charge < -0.3 is 9.30 Å². The van der Waals surface area contributed by atoms with E-state index in [1.165, 1.54) is 17.4 Å². The molecule has 0 N–H and O–H groups in total. The lowest BCUT2D eigenvalue weighted by atomic mass is 9.95. The second kappa shape index (κ2) is 9.69.